The Kier molecular flexibility index (Phi) is 13.0. The van der Waals surface area contributed by atoms with Gasteiger partial charge in [0.2, 0.25) is 11.9 Å². The molecule has 0 aliphatic carbocycles. The number of benzene rings is 14. The molecule has 0 spiro atoms. The number of anilines is 9. The van der Waals surface area contributed by atoms with Crippen molar-refractivity contribution in [3.8, 4) is 29.0 Å². The standard InChI is InChI=1S/C85H57N9/c1-7-25-61(26-8-1)89(62-27-9-2-10-28-62)68-47-50-80-74(55-68)71-37-19-22-40-77(71)92(80)67-46-45-58-43-44-59(53-60(58)54-67)83-86-84(93-78-41-23-20-38-72(78)75-56-69(48-51-81(75)93)90(63-29-11-3-12-30-63)64-31-13-4-14-32-64)88-85(87-83)94-79-42-24-21-39-73(79)76-57-70(49-52-82(76)94)91(65-33-15-5-16-34-65)66-35-17-6-18-36-66/h1-57H. The third-order valence-corrected chi connectivity index (χ3v) is 18.2. The van der Waals surface area contributed by atoms with Gasteiger partial charge in [0.25, 0.3) is 0 Å². The Morgan fingerprint density at radius 1 is 0.202 bits per heavy atom. The molecule has 0 N–H and O–H groups in total. The lowest BCUT2D eigenvalue weighted by molar-refractivity contribution is 0.893. The minimum atomic E-state index is 0.500. The van der Waals surface area contributed by atoms with Crippen molar-refractivity contribution in [2.75, 3.05) is 14.7 Å². The van der Waals surface area contributed by atoms with Crippen LogP contribution in [0.2, 0.25) is 0 Å². The first-order valence-corrected chi connectivity index (χ1v) is 31.8. The topological polar surface area (TPSA) is 63.2 Å². The van der Waals surface area contributed by atoms with Crippen LogP contribution in [-0.2, 0) is 0 Å². The average molecular weight is 1200 g/mol. The Morgan fingerprint density at radius 2 is 0.511 bits per heavy atom. The SMILES string of the molecule is c1ccc(N(c2ccccc2)c2ccc3c(c2)c2ccccc2n3-c2ccc3ccc(-c4nc(-n5c6ccccc6c6cc(N(c7ccccc7)c7ccccc7)ccc65)nc(-n5c6ccccc6c6cc(N(c7ccccc7)c7ccccc7)ccc65)n4)cc3c2)cc1. The maximum atomic E-state index is 5.65. The summed E-state index contributed by atoms with van der Waals surface area (Å²) in [5.74, 6) is 1.54. The smallest absolute Gasteiger partial charge is 0.240 e. The minimum absolute atomic E-state index is 0.500. The van der Waals surface area contributed by atoms with Crippen molar-refractivity contribution in [1.82, 2.24) is 28.7 Å². The van der Waals surface area contributed by atoms with E-state index >= 15 is 0 Å². The highest BCUT2D eigenvalue weighted by Gasteiger charge is 2.25. The van der Waals surface area contributed by atoms with Gasteiger partial charge in [0.15, 0.2) is 5.82 Å². The Morgan fingerprint density at radius 3 is 0.883 bits per heavy atom. The van der Waals surface area contributed by atoms with Crippen molar-refractivity contribution in [2.24, 2.45) is 0 Å². The Labute approximate surface area is 542 Å². The van der Waals surface area contributed by atoms with Crippen LogP contribution in [0.5, 0.6) is 0 Å². The van der Waals surface area contributed by atoms with Crippen LogP contribution in [0.1, 0.15) is 0 Å². The van der Waals surface area contributed by atoms with Crippen LogP contribution in [0.4, 0.5) is 51.2 Å². The molecule has 18 aromatic rings. The summed E-state index contributed by atoms with van der Waals surface area (Å²) in [6, 6.07) is 123. The van der Waals surface area contributed by atoms with Gasteiger partial charge < -0.3 is 19.3 Å². The van der Waals surface area contributed by atoms with Crippen molar-refractivity contribution < 1.29 is 0 Å². The van der Waals surface area contributed by atoms with Gasteiger partial charge in [0, 0.05) is 94.8 Å². The molecule has 4 heterocycles. The molecule has 9 heteroatoms. The van der Waals surface area contributed by atoms with Crippen molar-refractivity contribution in [3.63, 3.8) is 0 Å². The number of para-hydroxylation sites is 9. The highest BCUT2D eigenvalue weighted by molar-refractivity contribution is 6.13. The molecule has 9 nitrogen and oxygen atoms in total. The van der Waals surface area contributed by atoms with E-state index in [0.717, 1.165) is 128 Å². The van der Waals surface area contributed by atoms with Gasteiger partial charge in [-0.1, -0.05) is 182 Å². The molecule has 4 aromatic heterocycles. The van der Waals surface area contributed by atoms with Gasteiger partial charge in [-0.05, 0) is 175 Å². The molecule has 0 saturated carbocycles. The first kappa shape index (κ1) is 54.1. The number of nitrogens with zero attached hydrogens (tertiary/aromatic N) is 9. The monoisotopic (exact) mass is 1200 g/mol. The van der Waals surface area contributed by atoms with Gasteiger partial charge in [-0.25, -0.2) is 0 Å². The summed E-state index contributed by atoms with van der Waals surface area (Å²) in [5.41, 5.74) is 17.6. The molecule has 0 radical (unpaired) electrons. The summed E-state index contributed by atoms with van der Waals surface area (Å²) in [5, 5.41) is 8.81. The van der Waals surface area contributed by atoms with E-state index in [4.69, 9.17) is 15.0 Å². The van der Waals surface area contributed by atoms with E-state index in [9.17, 15) is 0 Å². The van der Waals surface area contributed by atoms with Gasteiger partial charge in [-0.2, -0.15) is 15.0 Å². The molecule has 14 aromatic carbocycles. The summed E-state index contributed by atoms with van der Waals surface area (Å²) >= 11 is 0. The lowest BCUT2D eigenvalue weighted by Gasteiger charge is -2.25. The number of fused-ring (bicyclic) bond motifs is 10. The summed E-state index contributed by atoms with van der Waals surface area (Å²) in [6.07, 6.45) is 0. The lowest BCUT2D eigenvalue weighted by Crippen LogP contribution is -2.11. The predicted octanol–water partition coefficient (Wildman–Crippen LogP) is 22.4. The summed E-state index contributed by atoms with van der Waals surface area (Å²) in [4.78, 5) is 23.8. The molecule has 0 atom stereocenters. The second-order valence-electron chi connectivity index (χ2n) is 23.7. The van der Waals surface area contributed by atoms with Crippen LogP contribution >= 0.6 is 0 Å². The molecule has 0 unspecified atom stereocenters. The van der Waals surface area contributed by atoms with Crippen LogP contribution in [0.15, 0.2) is 346 Å². The zero-order valence-electron chi connectivity index (χ0n) is 50.9. The van der Waals surface area contributed by atoms with E-state index in [-0.39, 0.29) is 0 Å². The van der Waals surface area contributed by atoms with Crippen LogP contribution < -0.4 is 14.7 Å². The number of aromatic nitrogens is 6. The largest absolute Gasteiger partial charge is 0.310 e. The van der Waals surface area contributed by atoms with E-state index < -0.39 is 0 Å². The zero-order chi connectivity index (χ0) is 62.1. The molecule has 0 saturated heterocycles. The first-order valence-electron chi connectivity index (χ1n) is 31.8. The van der Waals surface area contributed by atoms with Crippen molar-refractivity contribution >= 4 is 127 Å². The Balaban J connectivity index is 0.830. The first-order chi connectivity index (χ1) is 46.6. The molecular weight excluding hydrogens is 1150 g/mol. The van der Waals surface area contributed by atoms with E-state index in [1.54, 1.807) is 0 Å². The molecular formula is C85H57N9. The predicted molar refractivity (Wildman–Crippen MR) is 390 cm³/mol. The maximum Gasteiger partial charge on any atom is 0.240 e. The fraction of sp³-hybridized carbons (Fsp3) is 0. The zero-order valence-corrected chi connectivity index (χ0v) is 50.9. The van der Waals surface area contributed by atoms with Gasteiger partial charge >= 0.3 is 0 Å². The minimum Gasteiger partial charge on any atom is -0.310 e. The summed E-state index contributed by atoms with van der Waals surface area (Å²) in [6.45, 7) is 0. The molecule has 94 heavy (non-hydrogen) atoms. The molecule has 0 aliphatic rings. The quantitative estimate of drug-likeness (QED) is 0.115. The highest BCUT2D eigenvalue weighted by atomic mass is 15.3. The third-order valence-electron chi connectivity index (χ3n) is 18.2. The lowest BCUT2D eigenvalue weighted by atomic mass is 10.1. The van der Waals surface area contributed by atoms with Gasteiger partial charge in [-0.15, -0.1) is 0 Å². The Hall–Kier alpha value is -12.9. The van der Waals surface area contributed by atoms with Crippen molar-refractivity contribution in [1.29, 1.82) is 0 Å². The van der Waals surface area contributed by atoms with Gasteiger partial charge in [0.05, 0.1) is 33.1 Å². The second-order valence-corrected chi connectivity index (χ2v) is 23.7. The molecule has 0 amide bonds. The van der Waals surface area contributed by atoms with Crippen LogP contribution in [0.3, 0.4) is 0 Å². The van der Waals surface area contributed by atoms with E-state index in [1.165, 1.54) is 10.8 Å². The molecule has 0 fully saturated rings. The number of hydrogen-bond donors (Lipinski definition) is 0. The summed E-state index contributed by atoms with van der Waals surface area (Å²) in [7, 11) is 0. The van der Waals surface area contributed by atoms with E-state index in [1.807, 2.05) is 0 Å². The van der Waals surface area contributed by atoms with Crippen LogP contribution in [0, 0.1) is 0 Å². The number of hydrogen-bond acceptors (Lipinski definition) is 6. The highest BCUT2D eigenvalue weighted by Crippen LogP contribution is 2.44. The van der Waals surface area contributed by atoms with Gasteiger partial charge in [0.1, 0.15) is 0 Å². The van der Waals surface area contributed by atoms with Crippen LogP contribution in [-0.4, -0.2) is 28.7 Å². The molecule has 0 aliphatic heterocycles. The Bertz CT molecular complexity index is 5530. The normalized spacial score (nSPS) is 11.6. The van der Waals surface area contributed by atoms with Crippen molar-refractivity contribution in [2.45, 2.75) is 0 Å². The fourth-order valence-corrected chi connectivity index (χ4v) is 14.0. The summed E-state index contributed by atoms with van der Waals surface area (Å²) < 4.78 is 6.83. The maximum absolute atomic E-state index is 5.65. The fourth-order valence-electron chi connectivity index (χ4n) is 14.0. The van der Waals surface area contributed by atoms with Crippen molar-refractivity contribution in [3.05, 3.63) is 346 Å². The van der Waals surface area contributed by atoms with Gasteiger partial charge in [-0.3, -0.25) is 9.13 Å². The van der Waals surface area contributed by atoms with Crippen LogP contribution in [0.25, 0.3) is 105 Å². The third kappa shape index (κ3) is 9.21. The molecule has 442 valence electrons. The number of rotatable bonds is 13. The van der Waals surface area contributed by atoms with E-state index in [2.05, 4.69) is 374 Å². The molecule has 18 rings (SSSR count). The average Bonchev–Trinajstić information content (AvgIpc) is 1.58. The second kappa shape index (κ2) is 22.6. The van der Waals surface area contributed by atoms with E-state index in [0.29, 0.717) is 17.7 Å². The molecule has 0 bridgehead atoms.